The van der Waals surface area contributed by atoms with Gasteiger partial charge in [0.1, 0.15) is 5.82 Å². The molecule has 19 heavy (non-hydrogen) atoms. The van der Waals surface area contributed by atoms with Gasteiger partial charge in [-0.2, -0.15) is 0 Å². The molecule has 100 valence electrons. The van der Waals surface area contributed by atoms with Gasteiger partial charge in [-0.1, -0.05) is 23.2 Å². The third-order valence-electron chi connectivity index (χ3n) is 2.30. The topological polar surface area (TPSA) is 46.2 Å². The number of nitrogens with one attached hydrogen (secondary N) is 1. The van der Waals surface area contributed by atoms with E-state index in [2.05, 4.69) is 4.72 Å². The molecule has 2 aromatic rings. The average Bonchev–Trinajstić information content (AvgIpc) is 2.33. The van der Waals surface area contributed by atoms with Crippen molar-refractivity contribution >= 4 is 38.9 Å². The molecule has 0 atom stereocenters. The molecule has 0 radical (unpaired) electrons. The maximum Gasteiger partial charge on any atom is 0.261 e. The van der Waals surface area contributed by atoms with E-state index in [1.54, 1.807) is 0 Å². The molecule has 0 saturated heterocycles. The lowest BCUT2D eigenvalue weighted by molar-refractivity contribution is 0.601. The lowest BCUT2D eigenvalue weighted by Crippen LogP contribution is -2.13. The Morgan fingerprint density at radius 1 is 1.00 bits per heavy atom. The number of hydrogen-bond acceptors (Lipinski definition) is 2. The molecule has 2 aromatic carbocycles. The molecule has 0 aliphatic rings. The molecule has 0 saturated carbocycles. The predicted molar refractivity (Wildman–Crippen MR) is 73.7 cm³/mol. The van der Waals surface area contributed by atoms with Crippen LogP contribution in [-0.2, 0) is 10.0 Å². The SMILES string of the molecule is O=S(=O)(Nc1ccc(F)cc1Cl)c1ccc(Cl)cc1. The molecular formula is C12H8Cl2FNO2S. The summed E-state index contributed by atoms with van der Waals surface area (Å²) in [4.78, 5) is 0.0392. The molecule has 0 amide bonds. The third-order valence-corrected chi connectivity index (χ3v) is 4.25. The summed E-state index contributed by atoms with van der Waals surface area (Å²) in [5.41, 5.74) is 0.109. The Balaban J connectivity index is 2.33. The second kappa shape index (κ2) is 5.36. The fourth-order valence-corrected chi connectivity index (χ4v) is 2.87. The summed E-state index contributed by atoms with van der Waals surface area (Å²) in [6.07, 6.45) is 0. The molecular weight excluding hydrogens is 312 g/mol. The van der Waals surface area contributed by atoms with Crippen LogP contribution in [0.15, 0.2) is 47.4 Å². The van der Waals surface area contributed by atoms with Gasteiger partial charge in [0.05, 0.1) is 15.6 Å². The molecule has 0 aliphatic carbocycles. The quantitative estimate of drug-likeness (QED) is 0.931. The number of hydrogen-bond donors (Lipinski definition) is 1. The Labute approximate surface area is 120 Å². The Kier molecular flexibility index (Phi) is 3.99. The maximum atomic E-state index is 12.9. The van der Waals surface area contributed by atoms with Crippen LogP contribution in [0.4, 0.5) is 10.1 Å². The zero-order chi connectivity index (χ0) is 14.0. The first-order valence-corrected chi connectivity index (χ1v) is 7.36. The smallest absolute Gasteiger partial charge is 0.261 e. The van der Waals surface area contributed by atoms with Crippen LogP contribution >= 0.6 is 23.2 Å². The maximum absolute atomic E-state index is 12.9. The average molecular weight is 320 g/mol. The zero-order valence-electron chi connectivity index (χ0n) is 9.40. The third kappa shape index (κ3) is 3.37. The number of benzene rings is 2. The van der Waals surface area contributed by atoms with Crippen LogP contribution in [0.3, 0.4) is 0 Å². The predicted octanol–water partition coefficient (Wildman–Crippen LogP) is 3.93. The van der Waals surface area contributed by atoms with E-state index >= 15 is 0 Å². The van der Waals surface area contributed by atoms with Crippen LogP contribution in [0.25, 0.3) is 0 Å². The first-order chi connectivity index (χ1) is 8.88. The van der Waals surface area contributed by atoms with Gasteiger partial charge < -0.3 is 0 Å². The minimum Gasteiger partial charge on any atom is -0.278 e. The second-order valence-electron chi connectivity index (χ2n) is 3.68. The highest BCUT2D eigenvalue weighted by molar-refractivity contribution is 7.92. The highest BCUT2D eigenvalue weighted by Gasteiger charge is 2.15. The number of sulfonamides is 1. The fourth-order valence-electron chi connectivity index (χ4n) is 1.39. The van der Waals surface area contributed by atoms with Crippen LogP contribution in [-0.4, -0.2) is 8.42 Å². The highest BCUT2D eigenvalue weighted by Crippen LogP contribution is 2.25. The summed E-state index contributed by atoms with van der Waals surface area (Å²) in [6, 6.07) is 9.05. The molecule has 0 spiro atoms. The van der Waals surface area contributed by atoms with E-state index in [9.17, 15) is 12.8 Å². The second-order valence-corrected chi connectivity index (χ2v) is 6.21. The van der Waals surface area contributed by atoms with E-state index in [0.29, 0.717) is 5.02 Å². The van der Waals surface area contributed by atoms with Crippen molar-refractivity contribution in [1.29, 1.82) is 0 Å². The first kappa shape index (κ1) is 14.1. The molecule has 0 fully saturated rings. The van der Waals surface area contributed by atoms with Crippen LogP contribution in [0.1, 0.15) is 0 Å². The van der Waals surface area contributed by atoms with Gasteiger partial charge in [-0.3, -0.25) is 4.72 Å². The number of halogens is 3. The van der Waals surface area contributed by atoms with E-state index in [0.717, 1.165) is 12.1 Å². The van der Waals surface area contributed by atoms with Gasteiger partial charge in [0.2, 0.25) is 0 Å². The molecule has 7 heteroatoms. The summed E-state index contributed by atoms with van der Waals surface area (Å²) in [5, 5.41) is 0.413. The molecule has 3 nitrogen and oxygen atoms in total. The number of rotatable bonds is 3. The normalized spacial score (nSPS) is 11.3. The largest absolute Gasteiger partial charge is 0.278 e. The molecule has 0 heterocycles. The van der Waals surface area contributed by atoms with Crippen LogP contribution in [0.2, 0.25) is 10.0 Å². The summed E-state index contributed by atoms with van der Waals surface area (Å²) >= 11 is 11.4. The number of anilines is 1. The fraction of sp³-hybridized carbons (Fsp3) is 0. The van der Waals surface area contributed by atoms with E-state index < -0.39 is 15.8 Å². The highest BCUT2D eigenvalue weighted by atomic mass is 35.5. The summed E-state index contributed by atoms with van der Waals surface area (Å²) < 4.78 is 39.2. The van der Waals surface area contributed by atoms with Crippen molar-refractivity contribution in [3.05, 3.63) is 58.3 Å². The molecule has 1 N–H and O–H groups in total. The minimum absolute atomic E-state index is 0.0162. The van der Waals surface area contributed by atoms with E-state index in [-0.39, 0.29) is 15.6 Å². The Bertz CT molecular complexity index is 702. The summed E-state index contributed by atoms with van der Waals surface area (Å²) in [5.74, 6) is -0.542. The molecule has 0 bridgehead atoms. The molecule has 0 aliphatic heterocycles. The van der Waals surface area contributed by atoms with Gasteiger partial charge in [-0.25, -0.2) is 12.8 Å². The van der Waals surface area contributed by atoms with Crippen LogP contribution in [0, 0.1) is 5.82 Å². The van der Waals surface area contributed by atoms with Crippen molar-refractivity contribution in [2.24, 2.45) is 0 Å². The Morgan fingerprint density at radius 2 is 1.63 bits per heavy atom. The molecule has 0 aromatic heterocycles. The van der Waals surface area contributed by atoms with Crippen molar-refractivity contribution in [3.63, 3.8) is 0 Å². The lowest BCUT2D eigenvalue weighted by atomic mass is 10.3. The van der Waals surface area contributed by atoms with Crippen LogP contribution in [0.5, 0.6) is 0 Å². The van der Waals surface area contributed by atoms with Crippen molar-refractivity contribution < 1.29 is 12.8 Å². The van der Waals surface area contributed by atoms with Gasteiger partial charge in [0.15, 0.2) is 0 Å². The Hall–Kier alpha value is -1.30. The van der Waals surface area contributed by atoms with Crippen LogP contribution < -0.4 is 4.72 Å². The van der Waals surface area contributed by atoms with E-state index in [4.69, 9.17) is 23.2 Å². The van der Waals surface area contributed by atoms with Gasteiger partial charge in [0, 0.05) is 5.02 Å². The standard InChI is InChI=1S/C12H8Cl2FNO2S/c13-8-1-4-10(5-2-8)19(17,18)16-12-6-3-9(15)7-11(12)14/h1-7,16H. The van der Waals surface area contributed by atoms with E-state index in [1.165, 1.54) is 30.3 Å². The van der Waals surface area contributed by atoms with Gasteiger partial charge in [-0.15, -0.1) is 0 Å². The van der Waals surface area contributed by atoms with Crippen molar-refractivity contribution in [1.82, 2.24) is 0 Å². The minimum atomic E-state index is -3.78. The van der Waals surface area contributed by atoms with Gasteiger partial charge in [0.25, 0.3) is 10.0 Å². The molecule has 2 rings (SSSR count). The molecule has 0 unspecified atom stereocenters. The monoisotopic (exact) mass is 319 g/mol. The van der Waals surface area contributed by atoms with Crippen molar-refractivity contribution in [2.45, 2.75) is 4.90 Å². The van der Waals surface area contributed by atoms with Gasteiger partial charge >= 0.3 is 0 Å². The Morgan fingerprint density at radius 3 is 2.21 bits per heavy atom. The summed E-state index contributed by atoms with van der Waals surface area (Å²) in [7, 11) is -3.78. The van der Waals surface area contributed by atoms with E-state index in [1.807, 2.05) is 0 Å². The van der Waals surface area contributed by atoms with Gasteiger partial charge in [-0.05, 0) is 42.5 Å². The van der Waals surface area contributed by atoms with Crippen molar-refractivity contribution in [3.8, 4) is 0 Å². The lowest BCUT2D eigenvalue weighted by Gasteiger charge is -2.09. The summed E-state index contributed by atoms with van der Waals surface area (Å²) in [6.45, 7) is 0. The first-order valence-electron chi connectivity index (χ1n) is 5.12. The van der Waals surface area contributed by atoms with Crippen molar-refractivity contribution in [2.75, 3.05) is 4.72 Å². The zero-order valence-corrected chi connectivity index (χ0v) is 11.7.